The Labute approximate surface area is 90.4 Å². The smallest absolute Gasteiger partial charge is 0.550 e. The molecule has 0 amide bonds. The Balaban J connectivity index is -0.000000150. The predicted molar refractivity (Wildman–Crippen MR) is 39.7 cm³/mol. The van der Waals surface area contributed by atoms with Crippen LogP contribution >= 0.6 is 0 Å². The Kier molecular flexibility index (Phi) is 19.4. The normalized spacial score (nSPS) is 7.15. The number of carboxylic acids is 2. The van der Waals surface area contributed by atoms with Crippen molar-refractivity contribution in [2.24, 2.45) is 0 Å². The maximum absolute atomic E-state index is 9.65. The zero-order valence-electron chi connectivity index (χ0n) is 7.75. The summed E-state index contributed by atoms with van der Waals surface area (Å²) in [6.07, 6.45) is 2.59. The van der Waals surface area contributed by atoms with Crippen molar-refractivity contribution < 1.29 is 39.3 Å². The van der Waals surface area contributed by atoms with E-state index in [9.17, 15) is 9.90 Å². The van der Waals surface area contributed by atoms with E-state index in [0.29, 0.717) is 0 Å². The molecule has 0 aromatic rings. The number of aliphatic carboxylic acids is 2. The van der Waals surface area contributed by atoms with Crippen LogP contribution in [-0.4, -0.2) is 11.9 Å². The average molecular weight is 238 g/mol. The Morgan fingerprint density at radius 1 is 1.38 bits per heavy atom. The quantitative estimate of drug-likeness (QED) is 0.457. The van der Waals surface area contributed by atoms with Gasteiger partial charge in [-0.15, -0.1) is 0 Å². The topological polar surface area (TPSA) is 80.3 Å². The Hall–Kier alpha value is -0.697. The second kappa shape index (κ2) is 13.9. The summed E-state index contributed by atoms with van der Waals surface area (Å²) in [7, 11) is 0. The van der Waals surface area contributed by atoms with Crippen LogP contribution in [0.1, 0.15) is 26.2 Å². The molecule has 0 fully saturated rings. The van der Waals surface area contributed by atoms with Gasteiger partial charge in [0.1, 0.15) is 0 Å². The minimum Gasteiger partial charge on any atom is -0.550 e. The van der Waals surface area contributed by atoms with Crippen molar-refractivity contribution in [1.82, 2.24) is 0 Å². The molecule has 0 saturated heterocycles. The van der Waals surface area contributed by atoms with Gasteiger partial charge in [-0.1, -0.05) is 19.9 Å². The van der Waals surface area contributed by atoms with Crippen molar-refractivity contribution in [2.45, 2.75) is 26.2 Å². The van der Waals surface area contributed by atoms with Gasteiger partial charge in [-0.2, -0.15) is 0 Å². The molecule has 0 saturated carbocycles. The van der Waals surface area contributed by atoms with E-state index in [1.807, 2.05) is 6.92 Å². The average Bonchev–Trinajstić information content (AvgIpc) is 2.02. The number of rotatable bonds is 4. The van der Waals surface area contributed by atoms with Crippen LogP contribution < -0.4 is 10.2 Å². The predicted octanol–water partition coefficient (Wildman–Crippen LogP) is -1.15. The fraction of sp³-hybridized carbons (Fsp3) is 0.500. The maximum atomic E-state index is 9.65. The van der Waals surface area contributed by atoms with Gasteiger partial charge < -0.3 is 19.8 Å². The molecule has 0 bridgehead atoms. The maximum Gasteiger partial charge on any atom is 2.00 e. The van der Waals surface area contributed by atoms with E-state index >= 15 is 0 Å². The van der Waals surface area contributed by atoms with Crippen molar-refractivity contribution in [3.63, 3.8) is 0 Å². The second-order valence-corrected chi connectivity index (χ2v) is 2.00. The molecule has 13 heavy (non-hydrogen) atoms. The van der Waals surface area contributed by atoms with Gasteiger partial charge in [0.05, 0.1) is 5.97 Å². The fourth-order valence-corrected chi connectivity index (χ4v) is 0.321. The molecule has 4 nitrogen and oxygen atoms in total. The minimum atomic E-state index is -1.23. The number of carboxylic acid groups (broad SMARTS) is 2. The van der Waals surface area contributed by atoms with Crippen LogP contribution in [0.5, 0.6) is 0 Å². The van der Waals surface area contributed by atoms with Crippen LogP contribution in [0.4, 0.5) is 0 Å². The summed E-state index contributed by atoms with van der Waals surface area (Å²) in [6.45, 7) is 4.85. The first kappa shape index (κ1) is 18.2. The molecule has 0 aliphatic heterocycles. The van der Waals surface area contributed by atoms with Crippen LogP contribution in [0.25, 0.3) is 0 Å². The van der Waals surface area contributed by atoms with Gasteiger partial charge in [0.15, 0.2) is 0 Å². The van der Waals surface area contributed by atoms with Crippen LogP contribution in [-0.2, 0) is 29.1 Å². The first-order valence-electron chi connectivity index (χ1n) is 3.57. The van der Waals surface area contributed by atoms with E-state index in [1.54, 1.807) is 0 Å². The number of unbranched alkanes of at least 4 members (excludes halogenated alkanes) is 1. The summed E-state index contributed by atoms with van der Waals surface area (Å²) in [4.78, 5) is 18.8. The Bertz CT molecular complexity index is 156. The Morgan fingerprint density at radius 2 is 1.77 bits per heavy atom. The molecule has 0 aromatic heterocycles. The largest absolute Gasteiger partial charge is 2.00 e. The van der Waals surface area contributed by atoms with Crippen LogP contribution in [0.15, 0.2) is 12.7 Å². The summed E-state index contributed by atoms with van der Waals surface area (Å²) in [5.74, 6) is -2.17. The number of carbonyl (C=O) groups is 2. The minimum absolute atomic E-state index is 0. The second-order valence-electron chi connectivity index (χ2n) is 2.00. The van der Waals surface area contributed by atoms with Gasteiger partial charge in [-0.25, -0.2) is 0 Å². The Morgan fingerprint density at radius 3 is 1.85 bits per heavy atom. The van der Waals surface area contributed by atoms with E-state index in [-0.39, 0.29) is 25.9 Å². The van der Waals surface area contributed by atoms with Gasteiger partial charge in [-0.3, -0.25) is 0 Å². The summed E-state index contributed by atoms with van der Waals surface area (Å²) in [5.41, 5.74) is 0. The first-order valence-corrected chi connectivity index (χ1v) is 3.57. The van der Waals surface area contributed by atoms with Gasteiger partial charge in [0.2, 0.25) is 0 Å². The monoisotopic (exact) mass is 236 g/mol. The molecular formula is C8H12O4Zn. The van der Waals surface area contributed by atoms with E-state index in [4.69, 9.17) is 9.90 Å². The standard InChI is InChI=1S/C5H10O2.C3H4O2.Zn/c1-2-3-4-5(6)7;1-2-3(4)5;/h2-4H2,1H3,(H,6,7);2H,1H2,(H,4,5);/q;;+2/p-2. The molecule has 0 aliphatic carbocycles. The molecular weight excluding hydrogens is 225 g/mol. The third-order valence-electron chi connectivity index (χ3n) is 0.901. The molecule has 0 heterocycles. The molecule has 0 N–H and O–H groups in total. The fourth-order valence-electron chi connectivity index (χ4n) is 0.321. The van der Waals surface area contributed by atoms with Crippen LogP contribution in [0.3, 0.4) is 0 Å². The van der Waals surface area contributed by atoms with Crippen LogP contribution in [0, 0.1) is 0 Å². The third kappa shape index (κ3) is 34.8. The number of hydrogen-bond donors (Lipinski definition) is 0. The number of carbonyl (C=O) groups excluding carboxylic acids is 2. The third-order valence-corrected chi connectivity index (χ3v) is 0.901. The zero-order chi connectivity index (χ0) is 9.98. The molecule has 5 heteroatoms. The first-order chi connectivity index (χ1) is 5.54. The molecule has 0 radical (unpaired) electrons. The van der Waals surface area contributed by atoms with E-state index in [2.05, 4.69) is 6.58 Å². The van der Waals surface area contributed by atoms with Crippen molar-refractivity contribution >= 4 is 11.9 Å². The van der Waals surface area contributed by atoms with Gasteiger partial charge in [-0.05, 0) is 18.9 Å². The van der Waals surface area contributed by atoms with Gasteiger partial charge in [0.25, 0.3) is 0 Å². The summed E-state index contributed by atoms with van der Waals surface area (Å²) < 4.78 is 0. The summed E-state index contributed by atoms with van der Waals surface area (Å²) in [5, 5.41) is 18.8. The summed E-state index contributed by atoms with van der Waals surface area (Å²) in [6, 6.07) is 0. The molecule has 0 atom stereocenters. The van der Waals surface area contributed by atoms with Crippen molar-refractivity contribution in [2.75, 3.05) is 0 Å². The van der Waals surface area contributed by atoms with Gasteiger partial charge in [0, 0.05) is 5.97 Å². The molecule has 0 aromatic carbocycles. The van der Waals surface area contributed by atoms with Crippen molar-refractivity contribution in [1.29, 1.82) is 0 Å². The van der Waals surface area contributed by atoms with Crippen LogP contribution in [0.2, 0.25) is 0 Å². The van der Waals surface area contributed by atoms with E-state index in [1.165, 1.54) is 0 Å². The molecule has 0 aliphatic rings. The van der Waals surface area contributed by atoms with E-state index < -0.39 is 11.9 Å². The molecule has 0 unspecified atom stereocenters. The molecule has 0 rings (SSSR count). The van der Waals surface area contributed by atoms with Gasteiger partial charge >= 0.3 is 19.5 Å². The number of hydrogen-bond acceptors (Lipinski definition) is 4. The van der Waals surface area contributed by atoms with Crippen molar-refractivity contribution in [3.8, 4) is 0 Å². The summed E-state index contributed by atoms with van der Waals surface area (Å²) >= 11 is 0. The van der Waals surface area contributed by atoms with E-state index in [0.717, 1.165) is 18.9 Å². The molecule has 70 valence electrons. The SMILES string of the molecule is C=CC(=O)[O-].CCCCC(=O)[O-].[Zn+2]. The zero-order valence-corrected chi connectivity index (χ0v) is 10.7. The molecule has 0 spiro atoms. The van der Waals surface area contributed by atoms with Crippen molar-refractivity contribution in [3.05, 3.63) is 12.7 Å².